The lowest BCUT2D eigenvalue weighted by Gasteiger charge is -2.26. The van der Waals surface area contributed by atoms with Crippen LogP contribution in [0.2, 0.25) is 0 Å². The number of nitrogens with two attached hydrogens (primary N) is 1. The van der Waals surface area contributed by atoms with Gasteiger partial charge in [-0.25, -0.2) is 4.98 Å². The zero-order chi connectivity index (χ0) is 19.2. The van der Waals surface area contributed by atoms with Gasteiger partial charge in [-0.2, -0.15) is 0 Å². The van der Waals surface area contributed by atoms with Crippen molar-refractivity contribution in [3.63, 3.8) is 0 Å². The van der Waals surface area contributed by atoms with Gasteiger partial charge in [0.25, 0.3) is 0 Å². The zero-order valence-corrected chi connectivity index (χ0v) is 15.3. The highest BCUT2D eigenvalue weighted by molar-refractivity contribution is 5.97. The van der Waals surface area contributed by atoms with Crippen LogP contribution in [0, 0.1) is 36.0 Å². The monoisotopic (exact) mass is 368 g/mol. The summed E-state index contributed by atoms with van der Waals surface area (Å²) in [5.41, 5.74) is 6.22. The predicted octanol–water partition coefficient (Wildman–Crippen LogP) is 1.15. The van der Waals surface area contributed by atoms with E-state index in [0.717, 1.165) is 18.4 Å². The van der Waals surface area contributed by atoms with Crippen molar-refractivity contribution in [1.29, 1.82) is 0 Å². The lowest BCUT2D eigenvalue weighted by atomic mass is 9.81. The van der Waals surface area contributed by atoms with Crippen molar-refractivity contribution in [2.75, 3.05) is 11.9 Å². The van der Waals surface area contributed by atoms with E-state index >= 15 is 0 Å². The number of carbonyl (C=O) groups excluding carboxylic acids is 3. The Bertz CT molecular complexity index is 813. The molecule has 1 aromatic heterocycles. The normalized spacial score (nSPS) is 28.9. The van der Waals surface area contributed by atoms with Crippen LogP contribution in [0.1, 0.15) is 24.8 Å². The largest absolute Gasteiger partial charge is 0.370 e. The quantitative estimate of drug-likeness (QED) is 0.653. The molecule has 4 rings (SSSR count). The summed E-state index contributed by atoms with van der Waals surface area (Å²) < 4.78 is 0. The van der Waals surface area contributed by atoms with E-state index in [1.54, 1.807) is 12.3 Å². The van der Waals surface area contributed by atoms with Crippen LogP contribution in [0.4, 0.5) is 5.82 Å². The van der Waals surface area contributed by atoms with Crippen molar-refractivity contribution in [1.82, 2.24) is 10.3 Å². The van der Waals surface area contributed by atoms with E-state index in [4.69, 9.17) is 5.73 Å². The number of aryl methyl sites for hydroxylation is 1. The minimum absolute atomic E-state index is 0.0639. The molecule has 0 aromatic carbocycles. The molecule has 142 valence electrons. The average molecular weight is 368 g/mol. The fourth-order valence-electron chi connectivity index (χ4n) is 4.89. The Morgan fingerprint density at radius 1 is 1.15 bits per heavy atom. The third kappa shape index (κ3) is 3.01. The van der Waals surface area contributed by atoms with Crippen LogP contribution < -0.4 is 16.4 Å². The number of amides is 3. The number of nitrogens with one attached hydrogen (secondary N) is 2. The molecular weight excluding hydrogens is 344 g/mol. The van der Waals surface area contributed by atoms with E-state index in [1.165, 1.54) is 0 Å². The van der Waals surface area contributed by atoms with Crippen LogP contribution in [0.5, 0.6) is 0 Å². The third-order valence-corrected chi connectivity index (χ3v) is 6.28. The molecule has 7 heteroatoms. The lowest BCUT2D eigenvalue weighted by molar-refractivity contribution is -0.133. The Labute approximate surface area is 157 Å². The standard InChI is InChI=1S/C20H24N4O3/c1-11-2-5-15(23-10-11)24-19(27)17-13-4-3-12(20(13)7-8-20)16(17)18(26)22-9-6-14(21)25/h2-5,10,12-13,16-17H,6-9H2,1H3,(H2,21,25)(H,22,26)(H,23,24,27)/t12-,13-,16-,17-/m1/s1. The van der Waals surface area contributed by atoms with Gasteiger partial charge in [0.1, 0.15) is 5.82 Å². The van der Waals surface area contributed by atoms with Crippen molar-refractivity contribution < 1.29 is 14.4 Å². The number of aromatic nitrogens is 1. The fraction of sp³-hybridized carbons (Fsp3) is 0.500. The highest BCUT2D eigenvalue weighted by atomic mass is 16.2. The Morgan fingerprint density at radius 3 is 2.37 bits per heavy atom. The molecule has 4 atom stereocenters. The summed E-state index contributed by atoms with van der Waals surface area (Å²) in [6.07, 6.45) is 8.10. The van der Waals surface area contributed by atoms with Gasteiger partial charge in [0.15, 0.2) is 0 Å². The van der Waals surface area contributed by atoms with Crippen molar-refractivity contribution in [2.24, 2.45) is 34.8 Å². The molecule has 1 heterocycles. The first kappa shape index (κ1) is 17.7. The number of primary amides is 1. The van der Waals surface area contributed by atoms with Crippen molar-refractivity contribution in [2.45, 2.75) is 26.2 Å². The van der Waals surface area contributed by atoms with Gasteiger partial charge in [-0.05, 0) is 48.6 Å². The van der Waals surface area contributed by atoms with Crippen molar-refractivity contribution in [3.8, 4) is 0 Å². The molecule has 2 fully saturated rings. The van der Waals surface area contributed by atoms with Crippen LogP contribution >= 0.6 is 0 Å². The Balaban J connectivity index is 1.52. The van der Waals surface area contributed by atoms with E-state index in [9.17, 15) is 14.4 Å². The molecular formula is C20H24N4O3. The molecule has 0 radical (unpaired) electrons. The first-order valence-corrected chi connectivity index (χ1v) is 9.40. The molecule has 3 aliphatic carbocycles. The highest BCUT2D eigenvalue weighted by Gasteiger charge is 2.69. The molecule has 7 nitrogen and oxygen atoms in total. The molecule has 2 bridgehead atoms. The topological polar surface area (TPSA) is 114 Å². The molecule has 0 unspecified atom stereocenters. The summed E-state index contributed by atoms with van der Waals surface area (Å²) in [6, 6.07) is 3.66. The number of hydrogen-bond acceptors (Lipinski definition) is 4. The smallest absolute Gasteiger partial charge is 0.230 e. The van der Waals surface area contributed by atoms with E-state index in [1.807, 2.05) is 13.0 Å². The van der Waals surface area contributed by atoms with Gasteiger partial charge in [-0.3, -0.25) is 14.4 Å². The first-order chi connectivity index (χ1) is 12.9. The average Bonchev–Trinajstić information content (AvgIpc) is 3.29. The van der Waals surface area contributed by atoms with Crippen LogP contribution in [-0.2, 0) is 14.4 Å². The maximum atomic E-state index is 13.1. The predicted molar refractivity (Wildman–Crippen MR) is 99.2 cm³/mol. The van der Waals surface area contributed by atoms with Crippen LogP contribution in [0.15, 0.2) is 30.5 Å². The van der Waals surface area contributed by atoms with Gasteiger partial charge >= 0.3 is 0 Å². The van der Waals surface area contributed by atoms with E-state index in [-0.39, 0.29) is 42.0 Å². The van der Waals surface area contributed by atoms with Gasteiger partial charge in [0.05, 0.1) is 11.8 Å². The second kappa shape index (κ2) is 6.48. The van der Waals surface area contributed by atoms with Crippen LogP contribution in [0.3, 0.4) is 0 Å². The molecule has 27 heavy (non-hydrogen) atoms. The van der Waals surface area contributed by atoms with E-state index in [0.29, 0.717) is 5.82 Å². The zero-order valence-electron chi connectivity index (χ0n) is 15.3. The fourth-order valence-corrected chi connectivity index (χ4v) is 4.89. The Morgan fingerprint density at radius 2 is 1.81 bits per heavy atom. The van der Waals surface area contributed by atoms with E-state index < -0.39 is 17.7 Å². The molecule has 4 N–H and O–H groups in total. The van der Waals surface area contributed by atoms with Gasteiger partial charge in [-0.15, -0.1) is 0 Å². The SMILES string of the molecule is Cc1ccc(NC(=O)[C@H]2[C@H](C(=O)NCCC(N)=O)[C@H]3C=C[C@H]2C32CC2)nc1. The molecule has 3 aliphatic rings. The number of nitrogens with zero attached hydrogens (tertiary/aromatic N) is 1. The van der Waals surface area contributed by atoms with E-state index in [2.05, 4.69) is 27.8 Å². The Kier molecular flexibility index (Phi) is 4.25. The number of allylic oxidation sites excluding steroid dienone is 2. The molecule has 3 amide bonds. The summed E-state index contributed by atoms with van der Waals surface area (Å²) in [4.78, 5) is 41.1. The number of pyridine rings is 1. The highest BCUT2D eigenvalue weighted by Crippen LogP contribution is 2.72. The summed E-state index contributed by atoms with van der Waals surface area (Å²) >= 11 is 0. The molecule has 0 aliphatic heterocycles. The van der Waals surface area contributed by atoms with Gasteiger partial charge in [-0.1, -0.05) is 18.2 Å². The van der Waals surface area contributed by atoms with Gasteiger partial charge < -0.3 is 16.4 Å². The first-order valence-electron chi connectivity index (χ1n) is 9.40. The molecule has 1 aromatic rings. The maximum absolute atomic E-state index is 13.1. The number of rotatable bonds is 6. The number of carbonyl (C=O) groups is 3. The minimum Gasteiger partial charge on any atom is -0.370 e. The van der Waals surface area contributed by atoms with Crippen molar-refractivity contribution >= 4 is 23.5 Å². The van der Waals surface area contributed by atoms with Crippen molar-refractivity contribution in [3.05, 3.63) is 36.0 Å². The van der Waals surface area contributed by atoms with Crippen LogP contribution in [-0.4, -0.2) is 29.3 Å². The van der Waals surface area contributed by atoms with Gasteiger partial charge in [0.2, 0.25) is 17.7 Å². The summed E-state index contributed by atoms with van der Waals surface area (Å²) in [7, 11) is 0. The summed E-state index contributed by atoms with van der Waals surface area (Å²) in [5, 5.41) is 5.68. The van der Waals surface area contributed by atoms with Crippen LogP contribution in [0.25, 0.3) is 0 Å². The third-order valence-electron chi connectivity index (χ3n) is 6.28. The summed E-state index contributed by atoms with van der Waals surface area (Å²) in [5.74, 6) is -0.963. The number of hydrogen-bond donors (Lipinski definition) is 3. The second-order valence-corrected chi connectivity index (χ2v) is 7.94. The summed E-state index contributed by atoms with van der Waals surface area (Å²) in [6.45, 7) is 2.13. The molecule has 1 spiro atoms. The minimum atomic E-state index is -0.457. The lowest BCUT2D eigenvalue weighted by Crippen LogP contribution is -2.42. The maximum Gasteiger partial charge on any atom is 0.230 e. The second-order valence-electron chi connectivity index (χ2n) is 7.94. The molecule has 2 saturated carbocycles. The molecule has 0 saturated heterocycles. The van der Waals surface area contributed by atoms with Gasteiger partial charge in [0, 0.05) is 19.2 Å². The number of anilines is 1. The Hall–Kier alpha value is -2.70.